The lowest BCUT2D eigenvalue weighted by Crippen LogP contribution is -2.13. The first kappa shape index (κ1) is 13.9. The zero-order valence-corrected chi connectivity index (χ0v) is 12.1. The van der Waals surface area contributed by atoms with Gasteiger partial charge in [0.25, 0.3) is 5.91 Å². The van der Waals surface area contributed by atoms with Crippen LogP contribution < -0.4 is 5.32 Å². The average molecular weight is 294 g/mol. The number of hydrogen-bond donors (Lipinski definition) is 1. The predicted octanol–water partition coefficient (Wildman–Crippen LogP) is 4.86. The largest absolute Gasteiger partial charge is 0.321 e. The maximum atomic E-state index is 12.2. The molecule has 4 heteroatoms. The van der Waals surface area contributed by atoms with Gasteiger partial charge in [-0.1, -0.05) is 41.4 Å². The Bertz CT molecular complexity index is 638. The summed E-state index contributed by atoms with van der Waals surface area (Å²) in [5.74, 6) is -0.195. The summed E-state index contributed by atoms with van der Waals surface area (Å²) in [5.41, 5.74) is 2.93. The van der Waals surface area contributed by atoms with E-state index >= 15 is 0 Å². The van der Waals surface area contributed by atoms with Crippen molar-refractivity contribution >= 4 is 34.8 Å². The fraction of sp³-hybridized carbons (Fsp3) is 0.133. The van der Waals surface area contributed by atoms with Gasteiger partial charge >= 0.3 is 0 Å². The van der Waals surface area contributed by atoms with Crippen LogP contribution in [0.1, 0.15) is 21.5 Å². The minimum atomic E-state index is -0.195. The van der Waals surface area contributed by atoms with Crippen molar-refractivity contribution in [2.24, 2.45) is 0 Å². The number of aryl methyl sites for hydroxylation is 2. The second-order valence-corrected chi connectivity index (χ2v) is 5.16. The van der Waals surface area contributed by atoms with Crippen molar-refractivity contribution in [1.29, 1.82) is 0 Å². The van der Waals surface area contributed by atoms with E-state index in [0.29, 0.717) is 21.3 Å². The maximum absolute atomic E-state index is 12.2. The molecule has 2 aromatic carbocycles. The molecule has 0 saturated carbocycles. The van der Waals surface area contributed by atoms with Crippen LogP contribution in [0.2, 0.25) is 10.0 Å². The summed E-state index contributed by atoms with van der Waals surface area (Å²) in [5, 5.41) is 3.83. The topological polar surface area (TPSA) is 29.1 Å². The van der Waals surface area contributed by atoms with Gasteiger partial charge in [-0.05, 0) is 43.2 Å². The van der Waals surface area contributed by atoms with Crippen LogP contribution in [-0.4, -0.2) is 5.91 Å². The summed E-state index contributed by atoms with van der Waals surface area (Å²) in [6.45, 7) is 3.75. The minimum absolute atomic E-state index is 0.195. The van der Waals surface area contributed by atoms with Gasteiger partial charge in [0.05, 0.1) is 10.7 Å². The number of hydrogen-bond acceptors (Lipinski definition) is 1. The SMILES string of the molecule is Cc1cc(Cl)c(NC(=O)c2ccccc2C)cc1Cl. The van der Waals surface area contributed by atoms with Gasteiger partial charge in [-0.3, -0.25) is 4.79 Å². The molecule has 0 aliphatic carbocycles. The Kier molecular flexibility index (Phi) is 4.13. The van der Waals surface area contributed by atoms with Crippen LogP contribution in [-0.2, 0) is 0 Å². The van der Waals surface area contributed by atoms with Crippen LogP contribution in [0.3, 0.4) is 0 Å². The molecule has 0 aliphatic rings. The molecule has 0 aliphatic heterocycles. The Morgan fingerprint density at radius 2 is 1.68 bits per heavy atom. The molecule has 2 rings (SSSR count). The van der Waals surface area contributed by atoms with Gasteiger partial charge in [-0.2, -0.15) is 0 Å². The summed E-state index contributed by atoms with van der Waals surface area (Å²) in [4.78, 5) is 12.2. The van der Waals surface area contributed by atoms with Crippen molar-refractivity contribution in [3.63, 3.8) is 0 Å². The van der Waals surface area contributed by atoms with Crippen LogP contribution in [0.4, 0.5) is 5.69 Å². The van der Waals surface area contributed by atoms with Gasteiger partial charge in [0.15, 0.2) is 0 Å². The van der Waals surface area contributed by atoms with Gasteiger partial charge in [-0.15, -0.1) is 0 Å². The van der Waals surface area contributed by atoms with Crippen molar-refractivity contribution in [3.8, 4) is 0 Å². The first-order valence-electron chi connectivity index (χ1n) is 5.81. The van der Waals surface area contributed by atoms with Crippen molar-refractivity contribution in [2.75, 3.05) is 5.32 Å². The van der Waals surface area contributed by atoms with Crippen molar-refractivity contribution in [3.05, 3.63) is 63.1 Å². The van der Waals surface area contributed by atoms with Crippen LogP contribution in [0, 0.1) is 13.8 Å². The van der Waals surface area contributed by atoms with Crippen molar-refractivity contribution < 1.29 is 4.79 Å². The zero-order chi connectivity index (χ0) is 14.0. The fourth-order valence-corrected chi connectivity index (χ4v) is 2.19. The standard InChI is InChI=1S/C15H13Cl2NO/c1-9-5-3-4-6-11(9)15(19)18-14-8-12(16)10(2)7-13(14)17/h3-8H,1-2H3,(H,18,19). The Morgan fingerprint density at radius 3 is 2.37 bits per heavy atom. The van der Waals surface area contributed by atoms with Gasteiger partial charge in [-0.25, -0.2) is 0 Å². The number of carbonyl (C=O) groups is 1. The summed E-state index contributed by atoms with van der Waals surface area (Å²) in [6.07, 6.45) is 0. The molecule has 0 radical (unpaired) electrons. The van der Waals surface area contributed by atoms with E-state index in [1.54, 1.807) is 18.2 Å². The summed E-state index contributed by atoms with van der Waals surface area (Å²) >= 11 is 12.1. The molecule has 2 nitrogen and oxygen atoms in total. The molecule has 19 heavy (non-hydrogen) atoms. The Hall–Kier alpha value is -1.51. The highest BCUT2D eigenvalue weighted by molar-refractivity contribution is 6.36. The third kappa shape index (κ3) is 3.09. The van der Waals surface area contributed by atoms with Gasteiger partial charge in [0.2, 0.25) is 0 Å². The molecule has 0 fully saturated rings. The van der Waals surface area contributed by atoms with Gasteiger partial charge < -0.3 is 5.32 Å². The van der Waals surface area contributed by atoms with Crippen LogP contribution in [0.5, 0.6) is 0 Å². The molecule has 0 unspecified atom stereocenters. The highest BCUT2D eigenvalue weighted by atomic mass is 35.5. The molecule has 0 saturated heterocycles. The zero-order valence-electron chi connectivity index (χ0n) is 10.6. The number of benzene rings is 2. The molecule has 0 heterocycles. The monoisotopic (exact) mass is 293 g/mol. The minimum Gasteiger partial charge on any atom is -0.321 e. The van der Waals surface area contributed by atoms with E-state index in [0.717, 1.165) is 11.1 Å². The molecular weight excluding hydrogens is 281 g/mol. The molecule has 2 aromatic rings. The summed E-state index contributed by atoms with van der Waals surface area (Å²) < 4.78 is 0. The van der Waals surface area contributed by atoms with Crippen molar-refractivity contribution in [2.45, 2.75) is 13.8 Å². The van der Waals surface area contributed by atoms with E-state index in [4.69, 9.17) is 23.2 Å². The Morgan fingerprint density at radius 1 is 1.00 bits per heavy atom. The number of amides is 1. The van der Waals surface area contributed by atoms with Crippen LogP contribution in [0.15, 0.2) is 36.4 Å². The number of anilines is 1. The lowest BCUT2D eigenvalue weighted by atomic mass is 10.1. The third-order valence-corrected chi connectivity index (χ3v) is 3.61. The molecule has 98 valence electrons. The number of carbonyl (C=O) groups excluding carboxylic acids is 1. The second kappa shape index (κ2) is 5.64. The highest BCUT2D eigenvalue weighted by Crippen LogP contribution is 2.29. The Labute approximate surface area is 122 Å². The molecule has 0 spiro atoms. The normalized spacial score (nSPS) is 10.3. The van der Waals surface area contributed by atoms with E-state index in [2.05, 4.69) is 5.32 Å². The molecular formula is C15H13Cl2NO. The second-order valence-electron chi connectivity index (χ2n) is 4.35. The summed E-state index contributed by atoms with van der Waals surface area (Å²) in [6, 6.07) is 10.8. The predicted molar refractivity (Wildman–Crippen MR) is 80.3 cm³/mol. The lowest BCUT2D eigenvalue weighted by molar-refractivity contribution is 0.102. The molecule has 0 bridgehead atoms. The maximum Gasteiger partial charge on any atom is 0.255 e. The third-order valence-electron chi connectivity index (χ3n) is 2.89. The quantitative estimate of drug-likeness (QED) is 0.841. The summed E-state index contributed by atoms with van der Waals surface area (Å²) in [7, 11) is 0. The van der Waals surface area contributed by atoms with E-state index in [1.807, 2.05) is 32.0 Å². The van der Waals surface area contributed by atoms with Gasteiger partial charge in [0, 0.05) is 10.6 Å². The number of nitrogens with one attached hydrogen (secondary N) is 1. The van der Waals surface area contributed by atoms with Crippen LogP contribution >= 0.6 is 23.2 Å². The molecule has 1 N–H and O–H groups in total. The molecule has 0 atom stereocenters. The number of rotatable bonds is 2. The first-order chi connectivity index (χ1) is 8.99. The highest BCUT2D eigenvalue weighted by Gasteiger charge is 2.11. The molecule has 0 aromatic heterocycles. The first-order valence-corrected chi connectivity index (χ1v) is 6.57. The Balaban J connectivity index is 2.30. The van der Waals surface area contributed by atoms with E-state index in [1.165, 1.54) is 0 Å². The molecule has 1 amide bonds. The number of halogens is 2. The van der Waals surface area contributed by atoms with E-state index in [9.17, 15) is 4.79 Å². The van der Waals surface area contributed by atoms with E-state index < -0.39 is 0 Å². The fourth-order valence-electron chi connectivity index (χ4n) is 1.76. The average Bonchev–Trinajstić information content (AvgIpc) is 2.36. The smallest absolute Gasteiger partial charge is 0.255 e. The lowest BCUT2D eigenvalue weighted by Gasteiger charge is -2.10. The van der Waals surface area contributed by atoms with Crippen LogP contribution in [0.25, 0.3) is 0 Å². The van der Waals surface area contributed by atoms with Crippen molar-refractivity contribution in [1.82, 2.24) is 0 Å². The van der Waals surface area contributed by atoms with E-state index in [-0.39, 0.29) is 5.91 Å². The van der Waals surface area contributed by atoms with Gasteiger partial charge in [0.1, 0.15) is 0 Å².